The van der Waals surface area contributed by atoms with Crippen LogP contribution < -0.4 is 0 Å². The molecule has 0 radical (unpaired) electrons. The highest BCUT2D eigenvalue weighted by molar-refractivity contribution is 5.86. The van der Waals surface area contributed by atoms with E-state index in [9.17, 15) is 4.39 Å². The van der Waals surface area contributed by atoms with E-state index in [-0.39, 0.29) is 5.82 Å². The third-order valence-corrected chi connectivity index (χ3v) is 8.35. The molecule has 2 unspecified atom stereocenters. The Balaban J connectivity index is 0.000000901. The van der Waals surface area contributed by atoms with Gasteiger partial charge in [0.1, 0.15) is 5.82 Å². The van der Waals surface area contributed by atoms with E-state index < -0.39 is 0 Å². The maximum atomic E-state index is 12.7. The first kappa shape index (κ1) is 42.7. The van der Waals surface area contributed by atoms with E-state index in [1.165, 1.54) is 62.1 Å². The summed E-state index contributed by atoms with van der Waals surface area (Å²) in [5.41, 5.74) is 6.02. The van der Waals surface area contributed by atoms with Gasteiger partial charge in [-0.2, -0.15) is 5.26 Å². The summed E-state index contributed by atoms with van der Waals surface area (Å²) >= 11 is 0. The van der Waals surface area contributed by atoms with E-state index in [0.717, 1.165) is 40.9 Å². The molecule has 5 heteroatoms. The molecule has 0 bridgehead atoms. The number of nitriles is 1. The van der Waals surface area contributed by atoms with Crippen LogP contribution in [0.15, 0.2) is 96.1 Å². The molecule has 1 saturated heterocycles. The number of aliphatic imine (C=N–C) groups is 1. The second-order valence-electron chi connectivity index (χ2n) is 12.3. The molecule has 1 heterocycles. The van der Waals surface area contributed by atoms with Gasteiger partial charge in [-0.1, -0.05) is 51.2 Å². The molecule has 1 fully saturated rings. The Kier molecular flexibility index (Phi) is 22.2. The van der Waals surface area contributed by atoms with Crippen LogP contribution in [0, 0.1) is 29.0 Å². The van der Waals surface area contributed by atoms with E-state index in [4.69, 9.17) is 5.26 Å². The molecule has 0 aromatic heterocycles. The van der Waals surface area contributed by atoms with Crippen LogP contribution in [0.2, 0.25) is 0 Å². The fraction of sp³-hybridized carbons (Fsp3) is 0.512. The standard InChI is InChI=1S/C24H39N3.C13H14FN.C2H6.C2H4/c1-18(2)23(15-20(4)16-25)17-26(6)24-11-13-27(14-12-24)21(5)22-9-7-19(3)8-10-22;1-4-5-13(15-10(2)3)11-6-8-12(14)9-7-11;2*1-2/h7,9,15,19,21-22,24H,8,10-14,17H2,1-6H3;4-9H,1H2,2-3H3;1-2H3;1-2H2/b20-15+;13-5-;;/t19?,21-,22?;;;/m1.../s1. The van der Waals surface area contributed by atoms with Gasteiger partial charge in [-0.15, -0.1) is 13.2 Å². The summed E-state index contributed by atoms with van der Waals surface area (Å²) < 4.78 is 12.7. The number of likely N-dealkylation sites (tertiary alicyclic amines) is 1. The van der Waals surface area contributed by atoms with Crippen molar-refractivity contribution in [1.82, 2.24) is 9.80 Å². The Labute approximate surface area is 282 Å². The Hall–Kier alpha value is -3.33. The topological polar surface area (TPSA) is 42.6 Å². The smallest absolute Gasteiger partial charge is 0.123 e. The zero-order chi connectivity index (χ0) is 35.2. The van der Waals surface area contributed by atoms with Crippen molar-refractivity contribution in [1.29, 1.82) is 5.26 Å². The molecule has 0 saturated carbocycles. The Bertz CT molecular complexity index is 1210. The lowest BCUT2D eigenvalue weighted by Crippen LogP contribution is -2.48. The van der Waals surface area contributed by atoms with Gasteiger partial charge in [-0.05, 0) is 141 Å². The summed E-state index contributed by atoms with van der Waals surface area (Å²) in [6, 6.07) is 9.81. The van der Waals surface area contributed by atoms with Gasteiger partial charge in [-0.25, -0.2) is 4.39 Å². The summed E-state index contributed by atoms with van der Waals surface area (Å²) in [6.07, 6.45) is 15.6. The molecule has 2 aliphatic rings. The molecule has 46 heavy (non-hydrogen) atoms. The van der Waals surface area contributed by atoms with Crippen LogP contribution >= 0.6 is 0 Å². The van der Waals surface area contributed by atoms with Crippen molar-refractivity contribution in [2.24, 2.45) is 16.8 Å². The quantitative estimate of drug-likeness (QED) is 0.118. The van der Waals surface area contributed by atoms with Crippen molar-refractivity contribution in [3.8, 4) is 6.07 Å². The molecule has 1 aliphatic carbocycles. The minimum absolute atomic E-state index is 0.242. The average Bonchev–Trinajstić information content (AvgIpc) is 3.06. The van der Waals surface area contributed by atoms with Gasteiger partial charge in [0.25, 0.3) is 0 Å². The first-order valence-electron chi connectivity index (χ1n) is 16.9. The molecule has 254 valence electrons. The van der Waals surface area contributed by atoms with Crippen LogP contribution in [-0.2, 0) is 0 Å². The van der Waals surface area contributed by atoms with Crippen molar-refractivity contribution < 1.29 is 4.39 Å². The number of rotatable bonds is 9. The molecule has 0 N–H and O–H groups in total. The van der Waals surface area contributed by atoms with Gasteiger partial charge in [-0.3, -0.25) is 14.8 Å². The summed E-state index contributed by atoms with van der Waals surface area (Å²) in [7, 11) is 2.24. The summed E-state index contributed by atoms with van der Waals surface area (Å²) in [6.45, 7) is 31.7. The van der Waals surface area contributed by atoms with Gasteiger partial charge < -0.3 is 0 Å². The maximum absolute atomic E-state index is 12.7. The molecule has 3 atom stereocenters. The molecular weight excluding hydrogens is 567 g/mol. The van der Waals surface area contributed by atoms with Gasteiger partial charge in [0.05, 0.1) is 11.8 Å². The fourth-order valence-electron chi connectivity index (χ4n) is 5.60. The molecular formula is C41H63FN4. The van der Waals surface area contributed by atoms with Gasteiger partial charge in [0.2, 0.25) is 0 Å². The number of likely N-dealkylation sites (N-methyl/N-ethyl adjacent to an activating group) is 1. The zero-order valence-corrected chi connectivity index (χ0v) is 30.7. The van der Waals surface area contributed by atoms with Gasteiger partial charge >= 0.3 is 0 Å². The molecule has 1 aliphatic heterocycles. The minimum Gasteiger partial charge on any atom is -0.300 e. The highest BCUT2D eigenvalue weighted by Gasteiger charge is 2.29. The Morgan fingerprint density at radius 3 is 2.09 bits per heavy atom. The molecule has 1 aromatic rings. The highest BCUT2D eigenvalue weighted by Crippen LogP contribution is 2.29. The van der Waals surface area contributed by atoms with Crippen LogP contribution in [0.5, 0.6) is 0 Å². The molecule has 0 amide bonds. The molecule has 1 aromatic carbocycles. The van der Waals surface area contributed by atoms with Crippen LogP contribution in [0.4, 0.5) is 4.39 Å². The van der Waals surface area contributed by atoms with E-state index in [0.29, 0.717) is 12.1 Å². The minimum atomic E-state index is -0.242. The lowest BCUT2D eigenvalue weighted by molar-refractivity contribution is 0.0877. The second-order valence-corrected chi connectivity index (χ2v) is 12.3. The SMILES string of the molecule is C=C.C=C/C=C(\N=C(C)C)c1ccc(F)cc1.CC.CC(C)=C(/C=C(\C)C#N)CN(C)C1CCN([C@H](C)C2C=CC(C)CC2)CC1. The van der Waals surface area contributed by atoms with Crippen LogP contribution in [0.25, 0.3) is 5.70 Å². The fourth-order valence-corrected chi connectivity index (χ4v) is 5.60. The van der Waals surface area contributed by atoms with Crippen molar-refractivity contribution in [2.45, 2.75) is 100 Å². The number of hydrogen-bond acceptors (Lipinski definition) is 4. The third-order valence-electron chi connectivity index (χ3n) is 8.35. The highest BCUT2D eigenvalue weighted by atomic mass is 19.1. The van der Waals surface area contributed by atoms with Crippen molar-refractivity contribution in [3.63, 3.8) is 0 Å². The molecule has 4 nitrogen and oxygen atoms in total. The Morgan fingerprint density at radius 2 is 1.63 bits per heavy atom. The van der Waals surface area contributed by atoms with Crippen LogP contribution in [-0.4, -0.2) is 54.3 Å². The van der Waals surface area contributed by atoms with E-state index in [1.807, 2.05) is 34.6 Å². The van der Waals surface area contributed by atoms with E-state index in [1.54, 1.807) is 24.3 Å². The molecule has 3 rings (SSSR count). The van der Waals surface area contributed by atoms with Crippen molar-refractivity contribution >= 4 is 11.4 Å². The monoisotopic (exact) mass is 631 g/mol. The third kappa shape index (κ3) is 15.8. The predicted octanol–water partition coefficient (Wildman–Crippen LogP) is 10.8. The maximum Gasteiger partial charge on any atom is 0.123 e. The van der Waals surface area contributed by atoms with Gasteiger partial charge in [0.15, 0.2) is 0 Å². The predicted molar refractivity (Wildman–Crippen MR) is 201 cm³/mol. The van der Waals surface area contributed by atoms with E-state index in [2.05, 4.69) is 93.6 Å². The second kappa shape index (κ2) is 23.9. The first-order chi connectivity index (χ1) is 21.9. The number of halogens is 1. The van der Waals surface area contributed by atoms with Crippen LogP contribution in [0.1, 0.15) is 93.6 Å². The average molecular weight is 631 g/mol. The zero-order valence-electron chi connectivity index (χ0n) is 30.7. The number of benzene rings is 1. The molecule has 0 spiro atoms. The summed E-state index contributed by atoms with van der Waals surface area (Å²) in [4.78, 5) is 9.55. The number of hydrogen-bond donors (Lipinski definition) is 0. The normalized spacial score (nSPS) is 19.1. The van der Waals surface area contributed by atoms with Crippen LogP contribution in [0.3, 0.4) is 0 Å². The summed E-state index contributed by atoms with van der Waals surface area (Å²) in [5.74, 6) is 1.25. The largest absolute Gasteiger partial charge is 0.300 e. The summed E-state index contributed by atoms with van der Waals surface area (Å²) in [5, 5.41) is 9.09. The lowest BCUT2D eigenvalue weighted by Gasteiger charge is -2.42. The number of allylic oxidation sites excluding steroid dienone is 5. The Morgan fingerprint density at radius 1 is 1.04 bits per heavy atom. The lowest BCUT2D eigenvalue weighted by atomic mass is 9.84. The van der Waals surface area contributed by atoms with Crippen molar-refractivity contribution in [2.75, 3.05) is 26.7 Å². The first-order valence-corrected chi connectivity index (χ1v) is 16.9. The number of piperidine rings is 1. The van der Waals surface area contributed by atoms with Crippen molar-refractivity contribution in [3.05, 3.63) is 102 Å². The van der Waals surface area contributed by atoms with E-state index >= 15 is 0 Å². The number of nitrogens with zero attached hydrogens (tertiary/aromatic N) is 4. The van der Waals surface area contributed by atoms with Gasteiger partial charge in [0, 0.05) is 35.5 Å².